The highest BCUT2D eigenvalue weighted by atomic mass is 19.1. The SMILES string of the molecule is COc1ccc(C)c(O)c1F. The van der Waals surface area contributed by atoms with Crippen LogP contribution in [0, 0.1) is 12.7 Å². The van der Waals surface area contributed by atoms with E-state index in [0.29, 0.717) is 5.56 Å². The maximum atomic E-state index is 12.9. The summed E-state index contributed by atoms with van der Waals surface area (Å²) in [5.74, 6) is -0.982. The Hall–Kier alpha value is -1.25. The van der Waals surface area contributed by atoms with Crippen LogP contribution in [-0.2, 0) is 0 Å². The molecule has 0 amide bonds. The van der Waals surface area contributed by atoms with E-state index in [4.69, 9.17) is 5.11 Å². The molecule has 2 nitrogen and oxygen atoms in total. The van der Waals surface area contributed by atoms with Crippen molar-refractivity contribution in [3.8, 4) is 11.5 Å². The van der Waals surface area contributed by atoms with Crippen molar-refractivity contribution in [2.45, 2.75) is 6.92 Å². The number of aromatic hydroxyl groups is 1. The van der Waals surface area contributed by atoms with Crippen molar-refractivity contribution < 1.29 is 14.2 Å². The highest BCUT2D eigenvalue weighted by Gasteiger charge is 2.09. The van der Waals surface area contributed by atoms with E-state index in [1.165, 1.54) is 13.2 Å². The van der Waals surface area contributed by atoms with Crippen LogP contribution in [0.4, 0.5) is 4.39 Å². The van der Waals surface area contributed by atoms with Crippen molar-refractivity contribution in [3.63, 3.8) is 0 Å². The number of rotatable bonds is 1. The van der Waals surface area contributed by atoms with Gasteiger partial charge in [0.2, 0.25) is 5.82 Å². The molecule has 0 heterocycles. The zero-order valence-corrected chi connectivity index (χ0v) is 6.39. The molecule has 60 valence electrons. The summed E-state index contributed by atoms with van der Waals surface area (Å²) in [6.07, 6.45) is 0. The lowest BCUT2D eigenvalue weighted by atomic mass is 10.2. The Labute approximate surface area is 64.2 Å². The van der Waals surface area contributed by atoms with Gasteiger partial charge in [-0.2, -0.15) is 4.39 Å². The normalized spacial score (nSPS) is 9.73. The minimum atomic E-state index is -0.701. The van der Waals surface area contributed by atoms with E-state index in [0.717, 1.165) is 0 Å². The van der Waals surface area contributed by atoms with Gasteiger partial charge in [-0.05, 0) is 18.6 Å². The second kappa shape index (κ2) is 2.78. The molecule has 1 rings (SSSR count). The molecule has 0 aromatic heterocycles. The standard InChI is InChI=1S/C8H9FO2/c1-5-3-4-6(11-2)7(9)8(5)10/h3-4,10H,1-2H3. The van der Waals surface area contributed by atoms with Crippen LogP contribution in [-0.4, -0.2) is 12.2 Å². The molecule has 0 saturated carbocycles. The van der Waals surface area contributed by atoms with Crippen LogP contribution in [0.15, 0.2) is 12.1 Å². The van der Waals surface area contributed by atoms with Crippen molar-refractivity contribution in [1.29, 1.82) is 0 Å². The van der Waals surface area contributed by atoms with E-state index in [9.17, 15) is 4.39 Å². The lowest BCUT2D eigenvalue weighted by Gasteiger charge is -2.04. The third-order valence-electron chi connectivity index (χ3n) is 1.50. The first kappa shape index (κ1) is 7.85. The zero-order valence-electron chi connectivity index (χ0n) is 6.39. The molecule has 0 aliphatic heterocycles. The topological polar surface area (TPSA) is 29.5 Å². The fraction of sp³-hybridized carbons (Fsp3) is 0.250. The van der Waals surface area contributed by atoms with Gasteiger partial charge in [0.25, 0.3) is 0 Å². The van der Waals surface area contributed by atoms with Gasteiger partial charge in [-0.3, -0.25) is 0 Å². The summed E-state index contributed by atoms with van der Waals surface area (Å²) >= 11 is 0. The molecule has 0 bridgehead atoms. The second-order valence-corrected chi connectivity index (χ2v) is 2.25. The van der Waals surface area contributed by atoms with Crippen molar-refractivity contribution in [3.05, 3.63) is 23.5 Å². The molecule has 1 aromatic carbocycles. The summed E-state index contributed by atoms with van der Waals surface area (Å²) in [5, 5.41) is 9.06. The van der Waals surface area contributed by atoms with E-state index in [1.54, 1.807) is 13.0 Å². The van der Waals surface area contributed by atoms with Gasteiger partial charge in [0.1, 0.15) is 0 Å². The number of benzene rings is 1. The predicted molar refractivity (Wildman–Crippen MR) is 39.4 cm³/mol. The van der Waals surface area contributed by atoms with Gasteiger partial charge >= 0.3 is 0 Å². The van der Waals surface area contributed by atoms with Gasteiger partial charge in [0.05, 0.1) is 7.11 Å². The Morgan fingerprint density at radius 3 is 2.64 bits per heavy atom. The maximum Gasteiger partial charge on any atom is 0.206 e. The summed E-state index contributed by atoms with van der Waals surface area (Å²) < 4.78 is 17.5. The van der Waals surface area contributed by atoms with Crippen LogP contribution in [0.3, 0.4) is 0 Å². The molecule has 0 fully saturated rings. The van der Waals surface area contributed by atoms with Crippen molar-refractivity contribution in [2.75, 3.05) is 7.11 Å². The molecule has 0 aliphatic carbocycles. The quantitative estimate of drug-likeness (QED) is 0.672. The van der Waals surface area contributed by atoms with Gasteiger partial charge in [0, 0.05) is 0 Å². The summed E-state index contributed by atoms with van der Waals surface area (Å²) in [5.41, 5.74) is 0.503. The number of ether oxygens (including phenoxy) is 1. The van der Waals surface area contributed by atoms with Crippen LogP contribution in [0.25, 0.3) is 0 Å². The van der Waals surface area contributed by atoms with Gasteiger partial charge in [0.15, 0.2) is 11.5 Å². The molecule has 0 atom stereocenters. The van der Waals surface area contributed by atoms with Crippen LogP contribution < -0.4 is 4.74 Å². The Kier molecular flexibility index (Phi) is 1.98. The minimum Gasteiger partial charge on any atom is -0.505 e. The lowest BCUT2D eigenvalue weighted by molar-refractivity contribution is 0.363. The largest absolute Gasteiger partial charge is 0.505 e. The Bertz CT molecular complexity index is 271. The van der Waals surface area contributed by atoms with E-state index in [2.05, 4.69) is 4.74 Å². The van der Waals surface area contributed by atoms with Crippen LogP contribution >= 0.6 is 0 Å². The molecule has 0 saturated heterocycles. The first-order valence-electron chi connectivity index (χ1n) is 3.19. The predicted octanol–water partition coefficient (Wildman–Crippen LogP) is 1.85. The van der Waals surface area contributed by atoms with Crippen molar-refractivity contribution in [1.82, 2.24) is 0 Å². The highest BCUT2D eigenvalue weighted by Crippen LogP contribution is 2.28. The number of phenolic OH excluding ortho intramolecular Hbond substituents is 1. The fourth-order valence-electron chi connectivity index (χ4n) is 0.800. The smallest absolute Gasteiger partial charge is 0.206 e. The lowest BCUT2D eigenvalue weighted by Crippen LogP contribution is -1.89. The summed E-state index contributed by atoms with van der Waals surface area (Å²) in [7, 11) is 1.35. The summed E-state index contributed by atoms with van der Waals surface area (Å²) in [6.45, 7) is 1.62. The first-order valence-corrected chi connectivity index (χ1v) is 3.19. The number of halogens is 1. The van der Waals surface area contributed by atoms with Crippen molar-refractivity contribution in [2.24, 2.45) is 0 Å². The molecule has 0 spiro atoms. The molecule has 1 N–H and O–H groups in total. The fourth-order valence-corrected chi connectivity index (χ4v) is 0.800. The number of hydrogen-bond acceptors (Lipinski definition) is 2. The molecule has 1 aromatic rings. The number of aryl methyl sites for hydroxylation is 1. The van der Waals surface area contributed by atoms with E-state index in [1.807, 2.05) is 0 Å². The summed E-state index contributed by atoms with van der Waals surface area (Å²) in [4.78, 5) is 0. The highest BCUT2D eigenvalue weighted by molar-refractivity contribution is 5.40. The molecule has 11 heavy (non-hydrogen) atoms. The molecule has 0 aliphatic rings. The average molecular weight is 156 g/mol. The molecular weight excluding hydrogens is 147 g/mol. The van der Waals surface area contributed by atoms with Crippen molar-refractivity contribution >= 4 is 0 Å². The third-order valence-corrected chi connectivity index (χ3v) is 1.50. The molecule has 3 heteroatoms. The third kappa shape index (κ3) is 1.27. The zero-order chi connectivity index (χ0) is 8.43. The van der Waals surface area contributed by atoms with Crippen LogP contribution in [0.2, 0.25) is 0 Å². The van der Waals surface area contributed by atoms with E-state index < -0.39 is 5.82 Å². The molecule has 0 unspecified atom stereocenters. The number of phenols is 1. The molecular formula is C8H9FO2. The van der Waals surface area contributed by atoms with Gasteiger partial charge in [-0.15, -0.1) is 0 Å². The van der Waals surface area contributed by atoms with Crippen LogP contribution in [0.5, 0.6) is 11.5 Å². The Morgan fingerprint density at radius 1 is 1.45 bits per heavy atom. The number of methoxy groups -OCH3 is 1. The number of hydrogen-bond donors (Lipinski definition) is 1. The minimum absolute atomic E-state index is 0.0631. The maximum absolute atomic E-state index is 12.9. The first-order chi connectivity index (χ1) is 5.16. The summed E-state index contributed by atoms with van der Waals surface area (Å²) in [6, 6.07) is 3.07. The Morgan fingerprint density at radius 2 is 2.09 bits per heavy atom. The van der Waals surface area contributed by atoms with Gasteiger partial charge < -0.3 is 9.84 Å². The van der Waals surface area contributed by atoms with Gasteiger partial charge in [-0.25, -0.2) is 0 Å². The van der Waals surface area contributed by atoms with E-state index in [-0.39, 0.29) is 11.5 Å². The average Bonchev–Trinajstić information content (AvgIpc) is 2.01. The van der Waals surface area contributed by atoms with E-state index >= 15 is 0 Å². The van der Waals surface area contributed by atoms with Crippen LogP contribution in [0.1, 0.15) is 5.56 Å². The molecule has 0 radical (unpaired) electrons. The second-order valence-electron chi connectivity index (χ2n) is 2.25. The van der Waals surface area contributed by atoms with Gasteiger partial charge in [-0.1, -0.05) is 6.07 Å². The Balaban J connectivity index is 3.25. The monoisotopic (exact) mass is 156 g/mol.